The van der Waals surface area contributed by atoms with E-state index in [0.717, 1.165) is 80.0 Å². The molecule has 0 aliphatic carbocycles. The highest BCUT2D eigenvalue weighted by atomic mass is 32.2. The van der Waals surface area contributed by atoms with E-state index in [-0.39, 0.29) is 10.8 Å². The predicted molar refractivity (Wildman–Crippen MR) is 301 cm³/mol. The summed E-state index contributed by atoms with van der Waals surface area (Å²) >= 11 is 1.57. The van der Waals surface area contributed by atoms with Gasteiger partial charge in [0.25, 0.3) is 0 Å². The first-order valence-electron chi connectivity index (χ1n) is 26.0. The Morgan fingerprint density at radius 1 is 0.400 bits per heavy atom. The second-order valence-electron chi connectivity index (χ2n) is 25.0. The number of hydrogen-bond acceptors (Lipinski definition) is 11. The Kier molecular flexibility index (Phi) is 13.6. The van der Waals surface area contributed by atoms with Crippen LogP contribution in [0.15, 0.2) is 107 Å². The zero-order valence-electron chi connectivity index (χ0n) is 46.5. The summed E-state index contributed by atoms with van der Waals surface area (Å²) in [6.45, 7) is 34.1. The van der Waals surface area contributed by atoms with Gasteiger partial charge >= 0.3 is 17.2 Å². The number of rotatable bonds is 14. The van der Waals surface area contributed by atoms with Gasteiger partial charge in [-0.2, -0.15) is 0 Å². The lowest BCUT2D eigenvalue weighted by atomic mass is 9.85. The zero-order chi connectivity index (χ0) is 53.6. The molecule has 10 nitrogen and oxygen atoms in total. The van der Waals surface area contributed by atoms with Crippen LogP contribution in [-0.4, -0.2) is 22.4 Å². The summed E-state index contributed by atoms with van der Waals surface area (Å²) in [5.41, 5.74) is 5.99. The molecule has 0 fully saturated rings. The minimum absolute atomic E-state index is 0.377. The zero-order valence-corrected chi connectivity index (χ0v) is 49.1. The molecule has 0 radical (unpaired) electrons. The Labute approximate surface area is 451 Å². The van der Waals surface area contributed by atoms with Gasteiger partial charge in [0.05, 0.1) is 9.79 Å². The van der Waals surface area contributed by atoms with Crippen molar-refractivity contribution in [1.82, 2.24) is 0 Å². The molecule has 0 saturated carbocycles. The van der Waals surface area contributed by atoms with E-state index >= 15 is 0 Å². The van der Waals surface area contributed by atoms with E-state index in [1.807, 2.05) is 48.5 Å². The summed E-state index contributed by atoms with van der Waals surface area (Å²) in [6, 6.07) is 32.8. The molecule has 6 aromatic carbocycles. The van der Waals surface area contributed by atoms with Crippen LogP contribution in [0.2, 0.25) is 0 Å². The number of ether oxygens (including phenoxy) is 4. The average Bonchev–Trinajstić information content (AvgIpc) is 4.01. The summed E-state index contributed by atoms with van der Waals surface area (Å²) in [4.78, 5) is 1.70. The van der Waals surface area contributed by atoms with Crippen molar-refractivity contribution in [2.45, 2.75) is 179 Å². The van der Waals surface area contributed by atoms with Crippen molar-refractivity contribution in [1.29, 1.82) is 0 Å². The first kappa shape index (κ1) is 52.9. The Morgan fingerprint density at radius 2 is 0.667 bits per heavy atom. The van der Waals surface area contributed by atoms with Crippen molar-refractivity contribution in [3.63, 3.8) is 0 Å². The second-order valence-corrected chi connectivity index (χ2v) is 28.1. The van der Waals surface area contributed by atoms with Gasteiger partial charge in [-0.1, -0.05) is 114 Å². The SMILES string of the molecule is Cc1cc(Sc2cc(C)cc(C(C)(C)C)c2OP(Oc2cccc3c2OC(C)(C)C3)Oc2cccc3c2OC(C)(C)C3)c(OP(Oc2cccc3c2OC(C)(C)C3)Oc2cccc3c2OC(C)(C)C3)c(C(C)(C)C)c1. The molecule has 0 N–H and O–H groups in total. The molecule has 4 aliphatic rings. The van der Waals surface area contributed by atoms with Gasteiger partial charge in [-0.15, -0.1) is 0 Å². The fourth-order valence-electron chi connectivity index (χ4n) is 10.3. The number of benzene rings is 6. The first-order valence-corrected chi connectivity index (χ1v) is 29.0. The van der Waals surface area contributed by atoms with Crippen LogP contribution in [-0.2, 0) is 36.5 Å². The molecule has 13 heteroatoms. The Morgan fingerprint density at radius 3 is 0.920 bits per heavy atom. The summed E-state index contributed by atoms with van der Waals surface area (Å²) in [5, 5.41) is 0. The standard InChI is InChI=1S/C62H72O10P2S/c1-37-29-43(57(3,4)5)55(71-73(67-45-25-17-21-39-33-59(9,10)63-51(39)45)68-46-26-18-22-40-34-60(11,12)64-52(40)46)49(31-37)75-50-32-38(2)30-44(58(6,7)8)56(50)72-74(69-47-27-19-23-41-35-61(13,14)65-53(41)47)70-48-28-20-24-42-36-62(15,16)66-54(42)48/h17-32H,33-36H2,1-16H3. The summed E-state index contributed by atoms with van der Waals surface area (Å²) < 4.78 is 68.9. The molecule has 4 aliphatic heterocycles. The number of aryl methyl sites for hydroxylation is 2. The number of fused-ring (bicyclic) bond motifs is 4. The van der Waals surface area contributed by atoms with Crippen molar-refractivity contribution >= 4 is 29.0 Å². The quantitative estimate of drug-likeness (QED) is 0.0977. The third-order valence-electron chi connectivity index (χ3n) is 13.5. The third kappa shape index (κ3) is 11.5. The molecule has 4 heterocycles. The first-order chi connectivity index (χ1) is 35.1. The van der Waals surface area contributed by atoms with Crippen molar-refractivity contribution in [2.24, 2.45) is 0 Å². The molecule has 0 bridgehead atoms. The molecule has 6 aromatic rings. The van der Waals surface area contributed by atoms with Crippen molar-refractivity contribution in [2.75, 3.05) is 0 Å². The number of para-hydroxylation sites is 4. The maximum absolute atomic E-state index is 7.36. The molecule has 0 aromatic heterocycles. The van der Waals surface area contributed by atoms with Gasteiger partial charge < -0.3 is 46.1 Å². The van der Waals surface area contributed by atoms with Gasteiger partial charge in [0.15, 0.2) is 46.0 Å². The summed E-state index contributed by atoms with van der Waals surface area (Å²) in [7, 11) is -4.44. The Bertz CT molecular complexity index is 2830. The average molecular weight is 1070 g/mol. The molecule has 0 saturated heterocycles. The van der Waals surface area contributed by atoms with Gasteiger partial charge in [-0.05, 0) is 128 Å². The Balaban J connectivity index is 1.09. The van der Waals surface area contributed by atoms with E-state index in [1.54, 1.807) is 11.8 Å². The van der Waals surface area contributed by atoms with Gasteiger partial charge in [0.1, 0.15) is 33.9 Å². The molecular weight excluding hydrogens is 999 g/mol. The Hall–Kier alpha value is -5.47. The normalized spacial score (nSPS) is 17.2. The minimum Gasteiger partial charge on any atom is -0.483 e. The van der Waals surface area contributed by atoms with Crippen molar-refractivity contribution in [3.05, 3.63) is 142 Å². The van der Waals surface area contributed by atoms with E-state index in [1.165, 1.54) is 0 Å². The van der Waals surface area contributed by atoms with Crippen molar-refractivity contribution in [3.8, 4) is 57.5 Å². The lowest BCUT2D eigenvalue weighted by molar-refractivity contribution is 0.134. The molecule has 75 heavy (non-hydrogen) atoms. The van der Waals surface area contributed by atoms with Crippen LogP contribution in [0.25, 0.3) is 0 Å². The summed E-state index contributed by atoms with van der Waals surface area (Å²) in [5.74, 6) is 6.21. The summed E-state index contributed by atoms with van der Waals surface area (Å²) in [6.07, 6.45) is 2.98. The van der Waals surface area contributed by atoms with Crippen LogP contribution < -0.4 is 46.1 Å². The van der Waals surface area contributed by atoms with Crippen LogP contribution in [0.3, 0.4) is 0 Å². The van der Waals surface area contributed by atoms with E-state index in [4.69, 9.17) is 46.1 Å². The highest BCUT2D eigenvalue weighted by Crippen LogP contribution is 2.59. The van der Waals surface area contributed by atoms with Crippen LogP contribution >= 0.6 is 29.0 Å². The van der Waals surface area contributed by atoms with E-state index in [0.29, 0.717) is 57.5 Å². The number of hydrogen-bond donors (Lipinski definition) is 0. The van der Waals surface area contributed by atoms with Gasteiger partial charge in [-0.3, -0.25) is 0 Å². The molecular formula is C62H72O10P2S. The van der Waals surface area contributed by atoms with Gasteiger partial charge in [0.2, 0.25) is 0 Å². The minimum atomic E-state index is -2.22. The van der Waals surface area contributed by atoms with Gasteiger partial charge in [0, 0.05) is 59.1 Å². The van der Waals surface area contributed by atoms with Crippen LogP contribution in [0.4, 0.5) is 0 Å². The fraction of sp³-hybridized carbons (Fsp3) is 0.419. The fourth-order valence-corrected chi connectivity index (χ4v) is 13.7. The van der Waals surface area contributed by atoms with E-state index < -0.39 is 39.6 Å². The predicted octanol–water partition coefficient (Wildman–Crippen LogP) is 17.4. The van der Waals surface area contributed by atoms with E-state index in [9.17, 15) is 0 Å². The molecule has 0 amide bonds. The van der Waals surface area contributed by atoms with Crippen LogP contribution in [0, 0.1) is 13.8 Å². The topological polar surface area (TPSA) is 92.3 Å². The maximum Gasteiger partial charge on any atom is 0.530 e. The molecule has 10 rings (SSSR count). The smallest absolute Gasteiger partial charge is 0.483 e. The van der Waals surface area contributed by atoms with Crippen LogP contribution in [0.1, 0.15) is 141 Å². The third-order valence-corrected chi connectivity index (χ3v) is 16.6. The second kappa shape index (κ2) is 19.2. The van der Waals surface area contributed by atoms with Crippen molar-refractivity contribution < 1.29 is 46.1 Å². The molecule has 0 atom stereocenters. The maximum atomic E-state index is 7.36. The largest absolute Gasteiger partial charge is 0.530 e. The molecule has 396 valence electrons. The lowest BCUT2D eigenvalue weighted by Gasteiger charge is -2.29. The van der Waals surface area contributed by atoms with Crippen LogP contribution in [0.5, 0.6) is 57.5 Å². The highest BCUT2D eigenvalue weighted by molar-refractivity contribution is 7.99. The molecule has 0 spiro atoms. The van der Waals surface area contributed by atoms with E-state index in [2.05, 4.69) is 159 Å². The highest BCUT2D eigenvalue weighted by Gasteiger charge is 2.41. The molecule has 0 unspecified atom stereocenters. The van der Waals surface area contributed by atoms with Gasteiger partial charge in [-0.25, -0.2) is 0 Å². The lowest BCUT2D eigenvalue weighted by Crippen LogP contribution is -2.24. The monoisotopic (exact) mass is 1070 g/mol.